The lowest BCUT2D eigenvalue weighted by molar-refractivity contribution is 0.102. The Kier molecular flexibility index (Phi) is 6.23. The Balaban J connectivity index is 1.52. The van der Waals surface area contributed by atoms with E-state index in [-0.39, 0.29) is 18.0 Å². The van der Waals surface area contributed by atoms with E-state index in [1.165, 1.54) is 0 Å². The second kappa shape index (κ2) is 9.23. The summed E-state index contributed by atoms with van der Waals surface area (Å²) in [4.78, 5) is 29.6. The number of rotatable bonds is 5. The number of nitrogens with one attached hydrogen (secondary N) is 1. The summed E-state index contributed by atoms with van der Waals surface area (Å²) in [6, 6.07) is 24.3. The molecule has 4 rings (SSSR count). The molecule has 1 saturated heterocycles. The molecule has 0 spiro atoms. The van der Waals surface area contributed by atoms with Crippen molar-refractivity contribution in [2.24, 2.45) is 0 Å². The molecule has 3 aromatic carbocycles. The predicted octanol–water partition coefficient (Wildman–Crippen LogP) is 5.99. The van der Waals surface area contributed by atoms with Gasteiger partial charge >= 0.3 is 6.03 Å². The highest BCUT2D eigenvalue weighted by Gasteiger charge is 2.30. The van der Waals surface area contributed by atoms with Gasteiger partial charge in [0.1, 0.15) is 0 Å². The van der Waals surface area contributed by atoms with Gasteiger partial charge in [-0.1, -0.05) is 60.1 Å². The summed E-state index contributed by atoms with van der Waals surface area (Å²) >= 11 is 6.13. The SMILES string of the molecule is CC(c1ccccc1)N1CCCN(c2cccc(NC(=O)c3ccccc3Cl)c2)C1=O. The van der Waals surface area contributed by atoms with E-state index in [0.717, 1.165) is 17.7 Å². The molecular weight excluding hydrogens is 410 g/mol. The summed E-state index contributed by atoms with van der Waals surface area (Å²) < 4.78 is 0. The monoisotopic (exact) mass is 433 g/mol. The van der Waals surface area contributed by atoms with Gasteiger partial charge in [0.25, 0.3) is 5.91 Å². The zero-order chi connectivity index (χ0) is 21.8. The summed E-state index contributed by atoms with van der Waals surface area (Å²) in [7, 11) is 0. The molecule has 158 valence electrons. The van der Waals surface area contributed by atoms with E-state index in [2.05, 4.69) is 12.2 Å². The number of hydrogen-bond acceptors (Lipinski definition) is 2. The van der Waals surface area contributed by atoms with Gasteiger partial charge in [-0.25, -0.2) is 4.79 Å². The lowest BCUT2D eigenvalue weighted by Gasteiger charge is -2.39. The Morgan fingerprint density at radius 1 is 0.968 bits per heavy atom. The van der Waals surface area contributed by atoms with Crippen molar-refractivity contribution in [2.75, 3.05) is 23.3 Å². The average Bonchev–Trinajstić information content (AvgIpc) is 2.80. The summed E-state index contributed by atoms with van der Waals surface area (Å²) in [5, 5.41) is 3.27. The minimum Gasteiger partial charge on any atom is -0.322 e. The largest absolute Gasteiger partial charge is 0.324 e. The molecule has 0 aliphatic carbocycles. The van der Waals surface area contributed by atoms with E-state index < -0.39 is 0 Å². The average molecular weight is 434 g/mol. The zero-order valence-electron chi connectivity index (χ0n) is 17.3. The molecule has 3 aromatic rings. The van der Waals surface area contributed by atoms with Crippen molar-refractivity contribution in [2.45, 2.75) is 19.4 Å². The van der Waals surface area contributed by atoms with E-state index in [9.17, 15) is 9.59 Å². The van der Waals surface area contributed by atoms with Gasteiger partial charge in [0.2, 0.25) is 0 Å². The third-order valence-corrected chi connectivity index (χ3v) is 5.87. The van der Waals surface area contributed by atoms with Crippen molar-refractivity contribution in [3.05, 3.63) is 95.0 Å². The summed E-state index contributed by atoms with van der Waals surface area (Å²) in [6.45, 7) is 3.41. The number of carbonyl (C=O) groups excluding carboxylic acids is 2. The molecule has 1 N–H and O–H groups in total. The van der Waals surface area contributed by atoms with Crippen LogP contribution in [0.15, 0.2) is 78.9 Å². The van der Waals surface area contributed by atoms with E-state index >= 15 is 0 Å². The Hall–Kier alpha value is -3.31. The number of benzene rings is 3. The molecule has 6 heteroatoms. The number of nitrogens with zero attached hydrogens (tertiary/aromatic N) is 2. The highest BCUT2D eigenvalue weighted by atomic mass is 35.5. The van der Waals surface area contributed by atoms with Crippen LogP contribution in [-0.4, -0.2) is 29.9 Å². The molecule has 1 unspecified atom stereocenters. The first-order valence-corrected chi connectivity index (χ1v) is 10.7. The lowest BCUT2D eigenvalue weighted by atomic mass is 10.1. The number of halogens is 1. The second-order valence-electron chi connectivity index (χ2n) is 7.55. The van der Waals surface area contributed by atoms with E-state index in [1.54, 1.807) is 35.2 Å². The highest BCUT2D eigenvalue weighted by Crippen LogP contribution is 2.29. The smallest absolute Gasteiger partial charge is 0.322 e. The molecule has 1 heterocycles. The number of anilines is 2. The number of carbonyl (C=O) groups is 2. The molecule has 0 bridgehead atoms. The molecule has 0 radical (unpaired) electrons. The van der Waals surface area contributed by atoms with Crippen LogP contribution in [0.5, 0.6) is 0 Å². The quantitative estimate of drug-likeness (QED) is 0.537. The normalized spacial score (nSPS) is 15.0. The first-order chi connectivity index (χ1) is 15.0. The lowest BCUT2D eigenvalue weighted by Crippen LogP contribution is -2.50. The fourth-order valence-corrected chi connectivity index (χ4v) is 4.07. The van der Waals surface area contributed by atoms with Crippen molar-refractivity contribution >= 4 is 34.9 Å². The molecule has 31 heavy (non-hydrogen) atoms. The highest BCUT2D eigenvalue weighted by molar-refractivity contribution is 6.34. The van der Waals surface area contributed by atoms with Crippen LogP contribution in [0, 0.1) is 0 Å². The maximum absolute atomic E-state index is 13.3. The summed E-state index contributed by atoms with van der Waals surface area (Å²) in [6.07, 6.45) is 0.874. The van der Waals surface area contributed by atoms with Crippen LogP contribution >= 0.6 is 11.6 Å². The molecular formula is C25H24ClN3O2. The summed E-state index contributed by atoms with van der Waals surface area (Å²) in [5.74, 6) is -0.285. The van der Waals surface area contributed by atoms with Crippen LogP contribution in [-0.2, 0) is 0 Å². The maximum atomic E-state index is 13.3. The standard InChI is InChI=1S/C25H24ClN3O2/c1-18(19-9-3-2-4-10-19)28-15-8-16-29(25(28)31)21-12-7-11-20(17-21)27-24(30)22-13-5-6-14-23(22)26/h2-7,9-14,17-18H,8,15-16H2,1H3,(H,27,30). The number of amides is 3. The van der Waals surface area contributed by atoms with Crippen molar-refractivity contribution in [3.8, 4) is 0 Å². The van der Waals surface area contributed by atoms with Crippen LogP contribution in [0.4, 0.5) is 16.2 Å². The van der Waals surface area contributed by atoms with Crippen molar-refractivity contribution < 1.29 is 9.59 Å². The van der Waals surface area contributed by atoms with Gasteiger partial charge in [-0.3, -0.25) is 9.69 Å². The molecule has 5 nitrogen and oxygen atoms in total. The molecule has 1 atom stereocenters. The van der Waals surface area contributed by atoms with E-state index in [0.29, 0.717) is 29.4 Å². The third-order valence-electron chi connectivity index (χ3n) is 5.54. The summed E-state index contributed by atoms with van der Waals surface area (Å²) in [5.41, 5.74) is 2.89. The second-order valence-corrected chi connectivity index (χ2v) is 7.96. The van der Waals surface area contributed by atoms with Crippen molar-refractivity contribution in [1.29, 1.82) is 0 Å². The fraction of sp³-hybridized carbons (Fsp3) is 0.200. The van der Waals surface area contributed by atoms with Gasteiger partial charge in [0, 0.05) is 24.5 Å². The number of urea groups is 1. The molecule has 0 saturated carbocycles. The van der Waals surface area contributed by atoms with Crippen molar-refractivity contribution in [3.63, 3.8) is 0 Å². The van der Waals surface area contributed by atoms with Gasteiger partial charge in [0.05, 0.1) is 16.6 Å². The minimum atomic E-state index is -0.285. The van der Waals surface area contributed by atoms with E-state index in [4.69, 9.17) is 11.6 Å². The fourth-order valence-electron chi connectivity index (χ4n) is 3.85. The van der Waals surface area contributed by atoms with Crippen LogP contribution in [0.25, 0.3) is 0 Å². The van der Waals surface area contributed by atoms with Crippen molar-refractivity contribution in [1.82, 2.24) is 4.90 Å². The topological polar surface area (TPSA) is 52.6 Å². The molecule has 1 fully saturated rings. The van der Waals surface area contributed by atoms with Gasteiger partial charge in [-0.15, -0.1) is 0 Å². The Morgan fingerprint density at radius 3 is 2.48 bits per heavy atom. The van der Waals surface area contributed by atoms with E-state index in [1.807, 2.05) is 53.4 Å². The predicted molar refractivity (Wildman–Crippen MR) is 125 cm³/mol. The third kappa shape index (κ3) is 4.57. The van der Waals surface area contributed by atoms with Gasteiger partial charge in [-0.2, -0.15) is 0 Å². The van der Waals surface area contributed by atoms with Gasteiger partial charge in [-0.05, 0) is 49.2 Å². The van der Waals surface area contributed by atoms with Crippen LogP contribution in [0.1, 0.15) is 35.3 Å². The first kappa shape index (κ1) is 20.9. The van der Waals surface area contributed by atoms with Gasteiger partial charge < -0.3 is 10.2 Å². The maximum Gasteiger partial charge on any atom is 0.324 e. The number of hydrogen-bond donors (Lipinski definition) is 1. The van der Waals surface area contributed by atoms with Crippen LogP contribution < -0.4 is 10.2 Å². The Morgan fingerprint density at radius 2 is 1.71 bits per heavy atom. The Labute approximate surface area is 187 Å². The minimum absolute atomic E-state index is 0.0143. The molecule has 1 aliphatic rings. The zero-order valence-corrected chi connectivity index (χ0v) is 18.0. The Bertz CT molecular complexity index is 1090. The molecule has 1 aliphatic heterocycles. The van der Waals surface area contributed by atoms with Crippen LogP contribution in [0.3, 0.4) is 0 Å². The van der Waals surface area contributed by atoms with Gasteiger partial charge in [0.15, 0.2) is 0 Å². The first-order valence-electron chi connectivity index (χ1n) is 10.3. The molecule has 0 aromatic heterocycles. The molecule has 3 amide bonds. The van der Waals surface area contributed by atoms with Crippen LogP contribution in [0.2, 0.25) is 5.02 Å².